The number of hydrogen-bond acceptors (Lipinski definition) is 14. The van der Waals surface area contributed by atoms with Crippen molar-refractivity contribution in [3.8, 4) is 0 Å². The van der Waals surface area contributed by atoms with Gasteiger partial charge in [0, 0.05) is 44.5 Å². The molecule has 0 aliphatic carbocycles. The Hall–Kier alpha value is -6.61. The van der Waals surface area contributed by atoms with Gasteiger partial charge < -0.3 is 86.0 Å². The molecule has 2 saturated heterocycles. The summed E-state index contributed by atoms with van der Waals surface area (Å²) in [6.45, 7) is 3.55. The van der Waals surface area contributed by atoms with Crippen LogP contribution in [-0.4, -0.2) is 177 Å². The Labute approximate surface area is 406 Å². The smallest absolute Gasteiger partial charge is 0.326 e. The van der Waals surface area contributed by atoms with Crippen molar-refractivity contribution in [1.82, 2.24) is 46.4 Å². The number of aliphatic imine (C=N–C) groups is 2. The zero-order chi connectivity index (χ0) is 51.9. The number of hydrogen-bond donors (Lipinski definition) is 14. The van der Waals surface area contributed by atoms with Crippen molar-refractivity contribution in [3.63, 3.8) is 0 Å². The molecular weight excluding hydrogens is 915 g/mol. The summed E-state index contributed by atoms with van der Waals surface area (Å²) < 4.78 is 0. The van der Waals surface area contributed by atoms with E-state index in [-0.39, 0.29) is 83.0 Å². The second kappa shape index (κ2) is 29.4. The molecular formula is C43H75N17O10. The number of carboxylic acid groups (broad SMARTS) is 1. The first-order valence-corrected chi connectivity index (χ1v) is 23.8. The van der Waals surface area contributed by atoms with E-state index in [0.29, 0.717) is 50.8 Å². The molecule has 3 rings (SSSR count). The fraction of sp³-hybridized carbons (Fsp3) is 0.698. The number of carboxylic acids is 1. The van der Waals surface area contributed by atoms with Crippen LogP contribution in [0.2, 0.25) is 0 Å². The SMILES string of the molecule is CC[C@H](C)[C@H](NC(=O)[C@H](CO)NC(=O)[C@H](Cc1cnc[nH]1)NC(=O)[C@@H]1CCCN1C(=O)[C@H](CCCN=C(N)N)NC(=O)[C@H](CCCCN)NC(=O)[C@@H](N)CCCN=C(N)N)C(=O)N1CCC[C@H]1C(=O)O. The van der Waals surface area contributed by atoms with E-state index in [2.05, 4.69) is 46.5 Å². The lowest BCUT2D eigenvalue weighted by molar-refractivity contribution is -0.150. The van der Waals surface area contributed by atoms with Gasteiger partial charge in [-0.15, -0.1) is 0 Å². The summed E-state index contributed by atoms with van der Waals surface area (Å²) in [4.78, 5) is 126. The van der Waals surface area contributed by atoms with Gasteiger partial charge in [-0.05, 0) is 83.1 Å². The molecule has 3 heterocycles. The van der Waals surface area contributed by atoms with Crippen LogP contribution >= 0.6 is 0 Å². The molecule has 1 aromatic rings. The number of carbonyl (C=O) groups excluding carboxylic acids is 7. The number of nitrogens with two attached hydrogens (primary N) is 6. The zero-order valence-electron chi connectivity index (χ0n) is 40.1. The standard InChI is InChI=1S/C43H75N17O10/c1-3-24(2)33(40(68)60-19-9-14-32(60)41(69)70)58-37(65)30(22-61)57-36(64)29(20-25-21-50-23-53-25)56-38(66)31-13-8-18-59(31)39(67)28(12-7-17-52-43(48)49)55-35(63)27(11-4-5-15-44)54-34(62)26(45)10-6-16-51-42(46)47/h21,23-24,26-33,61H,3-20,22,44-45H2,1-2H3,(H,50,53)(H,54,62)(H,55,63)(H,56,66)(H,57,64)(H,58,65)(H,69,70)(H4,46,47,51)(H4,48,49,52)/t24-,26-,27-,28-,29-,30-,31-,32-,33-/m0/s1. The molecule has 2 aliphatic heterocycles. The Morgan fingerprint density at radius 2 is 1.30 bits per heavy atom. The molecule has 0 bridgehead atoms. The molecule has 2 aliphatic rings. The molecule has 0 aromatic carbocycles. The topological polar surface area (TPSA) is 453 Å². The van der Waals surface area contributed by atoms with Crippen LogP contribution in [0.15, 0.2) is 22.5 Å². The predicted molar refractivity (Wildman–Crippen MR) is 256 cm³/mol. The summed E-state index contributed by atoms with van der Waals surface area (Å²) in [6, 6.07) is -9.70. The van der Waals surface area contributed by atoms with Crippen LogP contribution in [0.3, 0.4) is 0 Å². The maximum absolute atomic E-state index is 14.5. The van der Waals surface area contributed by atoms with Gasteiger partial charge in [-0.3, -0.25) is 43.5 Å². The minimum atomic E-state index is -1.61. The molecule has 0 radical (unpaired) electrons. The summed E-state index contributed by atoms with van der Waals surface area (Å²) >= 11 is 0. The van der Waals surface area contributed by atoms with Crippen LogP contribution in [-0.2, 0) is 44.8 Å². The number of carbonyl (C=O) groups is 8. The first-order chi connectivity index (χ1) is 33.3. The van der Waals surface area contributed by atoms with Gasteiger partial charge >= 0.3 is 5.97 Å². The number of unbranched alkanes of at least 4 members (excludes halogenated alkanes) is 1. The van der Waals surface area contributed by atoms with Gasteiger partial charge in [0.2, 0.25) is 41.4 Å². The lowest BCUT2D eigenvalue weighted by Crippen LogP contribution is -2.61. The van der Waals surface area contributed by atoms with E-state index in [1.807, 2.05) is 0 Å². The van der Waals surface area contributed by atoms with Gasteiger partial charge in [0.25, 0.3) is 0 Å². The van der Waals surface area contributed by atoms with E-state index in [1.165, 1.54) is 22.3 Å². The van der Waals surface area contributed by atoms with Gasteiger partial charge in [-0.25, -0.2) is 9.78 Å². The van der Waals surface area contributed by atoms with E-state index in [1.54, 1.807) is 13.8 Å². The Bertz CT molecular complexity index is 1960. The summed E-state index contributed by atoms with van der Waals surface area (Å²) in [5.74, 6) is -6.98. The number of H-pyrrole nitrogens is 1. The van der Waals surface area contributed by atoms with Crippen molar-refractivity contribution in [2.45, 2.75) is 146 Å². The van der Waals surface area contributed by atoms with Crippen LogP contribution in [0.1, 0.15) is 96.6 Å². The molecule has 20 N–H and O–H groups in total. The van der Waals surface area contributed by atoms with Crippen LogP contribution < -0.4 is 61.0 Å². The van der Waals surface area contributed by atoms with Gasteiger partial charge in [0.1, 0.15) is 42.3 Å². The molecule has 27 heteroatoms. The highest BCUT2D eigenvalue weighted by Crippen LogP contribution is 2.23. The maximum Gasteiger partial charge on any atom is 0.326 e. The quantitative estimate of drug-likeness (QED) is 0.0195. The summed E-state index contributed by atoms with van der Waals surface area (Å²) in [6.07, 6.45) is 6.32. The number of likely N-dealkylation sites (tertiary alicyclic amines) is 2. The van der Waals surface area contributed by atoms with E-state index in [0.717, 1.165) is 0 Å². The van der Waals surface area contributed by atoms with Crippen molar-refractivity contribution in [2.24, 2.45) is 50.3 Å². The molecule has 7 amide bonds. The number of aliphatic hydroxyl groups excluding tert-OH is 1. The lowest BCUT2D eigenvalue weighted by Gasteiger charge is -2.32. The van der Waals surface area contributed by atoms with Gasteiger partial charge in [0.05, 0.1) is 19.0 Å². The van der Waals surface area contributed by atoms with Crippen molar-refractivity contribution in [3.05, 3.63) is 18.2 Å². The fourth-order valence-corrected chi connectivity index (χ4v) is 8.19. The van der Waals surface area contributed by atoms with E-state index >= 15 is 0 Å². The molecule has 0 unspecified atom stereocenters. The average molecular weight is 990 g/mol. The normalized spacial score (nSPS) is 18.5. The molecule has 0 saturated carbocycles. The van der Waals surface area contributed by atoms with E-state index < -0.39 is 108 Å². The fourth-order valence-electron chi connectivity index (χ4n) is 8.19. The molecule has 392 valence electrons. The number of aliphatic carboxylic acids is 1. The number of aromatic amines is 1. The molecule has 0 spiro atoms. The van der Waals surface area contributed by atoms with E-state index in [9.17, 15) is 48.6 Å². The molecule has 1 aromatic heterocycles. The number of rotatable bonds is 30. The van der Waals surface area contributed by atoms with Crippen LogP contribution in [0.4, 0.5) is 0 Å². The number of guanidine groups is 2. The maximum atomic E-state index is 14.5. The van der Waals surface area contributed by atoms with Crippen molar-refractivity contribution in [1.29, 1.82) is 0 Å². The number of aliphatic hydroxyl groups is 1. The van der Waals surface area contributed by atoms with Crippen molar-refractivity contribution < 1.29 is 48.6 Å². The Kier molecular flexibility index (Phi) is 24.3. The summed E-state index contributed by atoms with van der Waals surface area (Å²) in [5.41, 5.74) is 34.0. The van der Waals surface area contributed by atoms with Gasteiger partial charge in [0.15, 0.2) is 11.9 Å². The number of amides is 7. The van der Waals surface area contributed by atoms with Crippen LogP contribution in [0.25, 0.3) is 0 Å². The number of imidazole rings is 1. The van der Waals surface area contributed by atoms with Gasteiger partial charge in [-0.1, -0.05) is 20.3 Å². The Morgan fingerprint density at radius 3 is 1.87 bits per heavy atom. The molecule has 27 nitrogen and oxygen atoms in total. The van der Waals surface area contributed by atoms with Crippen molar-refractivity contribution in [2.75, 3.05) is 39.3 Å². The third kappa shape index (κ3) is 18.0. The summed E-state index contributed by atoms with van der Waals surface area (Å²) in [5, 5.41) is 33.3. The van der Waals surface area contributed by atoms with Gasteiger partial charge in [-0.2, -0.15) is 0 Å². The first kappa shape index (κ1) is 57.7. The molecule has 9 atom stereocenters. The van der Waals surface area contributed by atoms with Crippen LogP contribution in [0.5, 0.6) is 0 Å². The zero-order valence-corrected chi connectivity index (χ0v) is 40.1. The highest BCUT2D eigenvalue weighted by molar-refractivity contribution is 5.98. The highest BCUT2D eigenvalue weighted by Gasteiger charge is 2.42. The van der Waals surface area contributed by atoms with Crippen molar-refractivity contribution >= 4 is 59.2 Å². The minimum Gasteiger partial charge on any atom is -0.480 e. The lowest BCUT2D eigenvalue weighted by atomic mass is 9.97. The second-order valence-electron chi connectivity index (χ2n) is 17.6. The largest absolute Gasteiger partial charge is 0.480 e. The molecule has 2 fully saturated rings. The summed E-state index contributed by atoms with van der Waals surface area (Å²) in [7, 11) is 0. The first-order valence-electron chi connectivity index (χ1n) is 23.8. The predicted octanol–water partition coefficient (Wildman–Crippen LogP) is -4.96. The Morgan fingerprint density at radius 1 is 0.743 bits per heavy atom. The third-order valence-corrected chi connectivity index (χ3v) is 12.3. The third-order valence-electron chi connectivity index (χ3n) is 12.3. The number of aromatic nitrogens is 2. The van der Waals surface area contributed by atoms with E-state index in [4.69, 9.17) is 34.4 Å². The molecule has 70 heavy (non-hydrogen) atoms. The number of nitrogens with one attached hydrogen (secondary N) is 6. The Balaban J connectivity index is 1.83. The van der Waals surface area contributed by atoms with Crippen LogP contribution in [0, 0.1) is 5.92 Å². The number of nitrogens with zero attached hydrogens (tertiary/aromatic N) is 5. The highest BCUT2D eigenvalue weighted by atomic mass is 16.4. The minimum absolute atomic E-state index is 0.0249. The monoisotopic (exact) mass is 990 g/mol. The second-order valence-corrected chi connectivity index (χ2v) is 17.6. The average Bonchev–Trinajstić information content (AvgIpc) is 4.14.